The first kappa shape index (κ1) is 12.0. The molecule has 0 radical (unpaired) electrons. The number of hydrogen-bond donors (Lipinski definition) is 2. The van der Waals surface area contributed by atoms with Crippen LogP contribution >= 0.6 is 11.8 Å². The Balaban J connectivity index is 2.02. The van der Waals surface area contributed by atoms with E-state index >= 15 is 0 Å². The summed E-state index contributed by atoms with van der Waals surface area (Å²) in [5, 5.41) is 8.10. The van der Waals surface area contributed by atoms with E-state index in [4.69, 9.17) is 0 Å². The van der Waals surface area contributed by atoms with Gasteiger partial charge in [0, 0.05) is 19.8 Å². The standard InChI is InChI=1S/C11H13N7S/c1-3-12-11-16-9-8(13-6-14-9)10(17-11)19-7-4-15-18(2)5-7/h4-6H,3H2,1-2H3,(H2,12,13,14,16,17). The van der Waals surface area contributed by atoms with Gasteiger partial charge in [0.1, 0.15) is 10.5 Å². The third-order valence-corrected chi connectivity index (χ3v) is 3.42. The number of H-pyrrole nitrogens is 1. The van der Waals surface area contributed by atoms with Crippen molar-refractivity contribution in [2.24, 2.45) is 7.05 Å². The van der Waals surface area contributed by atoms with Crippen LogP contribution < -0.4 is 5.32 Å². The molecule has 0 spiro atoms. The third kappa shape index (κ3) is 2.39. The molecule has 2 N–H and O–H groups in total. The fourth-order valence-corrected chi connectivity index (χ4v) is 2.59. The average Bonchev–Trinajstić information content (AvgIpc) is 2.99. The van der Waals surface area contributed by atoms with Crippen molar-refractivity contribution in [3.05, 3.63) is 18.7 Å². The van der Waals surface area contributed by atoms with E-state index in [1.54, 1.807) is 11.0 Å². The molecule has 0 aliphatic heterocycles. The van der Waals surface area contributed by atoms with Gasteiger partial charge in [-0.1, -0.05) is 11.8 Å². The summed E-state index contributed by atoms with van der Waals surface area (Å²) in [6.45, 7) is 2.78. The first-order valence-corrected chi connectivity index (χ1v) is 6.69. The molecule has 0 amide bonds. The summed E-state index contributed by atoms with van der Waals surface area (Å²) < 4.78 is 1.76. The van der Waals surface area contributed by atoms with E-state index in [9.17, 15) is 0 Å². The first-order chi connectivity index (χ1) is 9.26. The lowest BCUT2D eigenvalue weighted by molar-refractivity contribution is 0.766. The number of fused-ring (bicyclic) bond motifs is 1. The fourth-order valence-electron chi connectivity index (χ4n) is 1.68. The van der Waals surface area contributed by atoms with E-state index in [1.807, 2.05) is 26.4 Å². The maximum absolute atomic E-state index is 4.50. The summed E-state index contributed by atoms with van der Waals surface area (Å²) in [6.07, 6.45) is 5.38. The lowest BCUT2D eigenvalue weighted by Gasteiger charge is -2.04. The molecule has 8 heteroatoms. The molecule has 3 heterocycles. The van der Waals surface area contributed by atoms with E-state index in [2.05, 4.69) is 30.4 Å². The van der Waals surface area contributed by atoms with Gasteiger partial charge in [0.2, 0.25) is 5.95 Å². The third-order valence-electron chi connectivity index (χ3n) is 2.48. The largest absolute Gasteiger partial charge is 0.354 e. The van der Waals surface area contributed by atoms with Crippen LogP contribution in [0.25, 0.3) is 11.2 Å². The summed E-state index contributed by atoms with van der Waals surface area (Å²) in [7, 11) is 1.89. The van der Waals surface area contributed by atoms with Gasteiger partial charge < -0.3 is 10.3 Å². The summed E-state index contributed by atoms with van der Waals surface area (Å²) in [6, 6.07) is 0. The van der Waals surface area contributed by atoms with Crippen molar-refractivity contribution in [1.29, 1.82) is 0 Å². The van der Waals surface area contributed by atoms with Crippen molar-refractivity contribution in [3.63, 3.8) is 0 Å². The molecule has 0 saturated carbocycles. The molecule has 0 aliphatic rings. The van der Waals surface area contributed by atoms with Crippen LogP contribution in [0.2, 0.25) is 0 Å². The number of rotatable bonds is 4. The number of imidazole rings is 1. The minimum absolute atomic E-state index is 0.591. The quantitative estimate of drug-likeness (QED) is 0.705. The number of aromatic amines is 1. The van der Waals surface area contributed by atoms with Crippen LogP contribution in [0.5, 0.6) is 0 Å². The summed E-state index contributed by atoms with van der Waals surface area (Å²) in [5.74, 6) is 0.591. The molecule has 0 unspecified atom stereocenters. The second-order valence-corrected chi connectivity index (χ2v) is 5.00. The highest BCUT2D eigenvalue weighted by Crippen LogP contribution is 2.30. The van der Waals surface area contributed by atoms with Crippen LogP contribution in [-0.4, -0.2) is 36.3 Å². The fraction of sp³-hybridized carbons (Fsp3) is 0.273. The molecule has 3 rings (SSSR count). The van der Waals surface area contributed by atoms with E-state index in [1.165, 1.54) is 11.8 Å². The van der Waals surface area contributed by atoms with Gasteiger partial charge in [-0.15, -0.1) is 0 Å². The topological polar surface area (TPSA) is 84.3 Å². The highest BCUT2D eigenvalue weighted by Gasteiger charge is 2.11. The minimum atomic E-state index is 0.591. The monoisotopic (exact) mass is 275 g/mol. The number of aryl methyl sites for hydroxylation is 1. The van der Waals surface area contributed by atoms with Crippen LogP contribution in [0.3, 0.4) is 0 Å². The van der Waals surface area contributed by atoms with E-state index in [0.717, 1.165) is 22.0 Å². The number of nitrogens with one attached hydrogen (secondary N) is 2. The number of hydrogen-bond acceptors (Lipinski definition) is 6. The van der Waals surface area contributed by atoms with Crippen LogP contribution in [-0.2, 0) is 7.05 Å². The zero-order valence-corrected chi connectivity index (χ0v) is 11.4. The molecular weight excluding hydrogens is 262 g/mol. The molecule has 3 aromatic rings. The number of nitrogens with zero attached hydrogens (tertiary/aromatic N) is 5. The van der Waals surface area contributed by atoms with E-state index < -0.39 is 0 Å². The maximum atomic E-state index is 4.50. The van der Waals surface area contributed by atoms with Crippen molar-refractivity contribution in [2.75, 3.05) is 11.9 Å². The van der Waals surface area contributed by atoms with Crippen molar-refractivity contribution in [3.8, 4) is 0 Å². The molecule has 0 aromatic carbocycles. The lowest BCUT2D eigenvalue weighted by Crippen LogP contribution is -2.03. The first-order valence-electron chi connectivity index (χ1n) is 5.87. The van der Waals surface area contributed by atoms with Crippen LogP contribution in [0.1, 0.15) is 6.92 Å². The predicted octanol–water partition coefficient (Wildman–Crippen LogP) is 1.67. The van der Waals surface area contributed by atoms with Gasteiger partial charge in [-0.25, -0.2) is 9.97 Å². The van der Waals surface area contributed by atoms with Gasteiger partial charge in [-0.05, 0) is 6.92 Å². The Hall–Kier alpha value is -2.09. The number of aromatic nitrogens is 6. The van der Waals surface area contributed by atoms with Crippen LogP contribution in [0, 0.1) is 0 Å². The Morgan fingerprint density at radius 2 is 2.32 bits per heavy atom. The molecule has 0 atom stereocenters. The summed E-state index contributed by atoms with van der Waals surface area (Å²) >= 11 is 1.54. The van der Waals surface area contributed by atoms with Gasteiger partial charge in [0.05, 0.1) is 17.4 Å². The van der Waals surface area contributed by atoms with Gasteiger partial charge in [0.15, 0.2) is 5.65 Å². The van der Waals surface area contributed by atoms with Crippen molar-refractivity contribution in [1.82, 2.24) is 29.7 Å². The lowest BCUT2D eigenvalue weighted by atomic mass is 10.5. The van der Waals surface area contributed by atoms with Gasteiger partial charge >= 0.3 is 0 Å². The van der Waals surface area contributed by atoms with Crippen molar-refractivity contribution >= 4 is 28.9 Å². The van der Waals surface area contributed by atoms with E-state index in [-0.39, 0.29) is 0 Å². The molecule has 7 nitrogen and oxygen atoms in total. The molecule has 0 fully saturated rings. The van der Waals surface area contributed by atoms with Crippen molar-refractivity contribution in [2.45, 2.75) is 16.8 Å². The Labute approximate surface area is 113 Å². The summed E-state index contributed by atoms with van der Waals surface area (Å²) in [4.78, 5) is 17.1. The highest BCUT2D eigenvalue weighted by atomic mass is 32.2. The minimum Gasteiger partial charge on any atom is -0.354 e. The zero-order chi connectivity index (χ0) is 13.2. The normalized spacial score (nSPS) is 11.1. The second kappa shape index (κ2) is 4.88. The molecular formula is C11H13N7S. The molecule has 0 aliphatic carbocycles. The molecule has 19 heavy (non-hydrogen) atoms. The van der Waals surface area contributed by atoms with Crippen LogP contribution in [0.15, 0.2) is 28.6 Å². The Morgan fingerprint density at radius 1 is 1.42 bits per heavy atom. The highest BCUT2D eigenvalue weighted by molar-refractivity contribution is 7.99. The maximum Gasteiger partial charge on any atom is 0.225 e. The van der Waals surface area contributed by atoms with Crippen molar-refractivity contribution < 1.29 is 0 Å². The Morgan fingerprint density at radius 3 is 3.05 bits per heavy atom. The predicted molar refractivity (Wildman–Crippen MR) is 73.2 cm³/mol. The summed E-state index contributed by atoms with van der Waals surface area (Å²) in [5.41, 5.74) is 1.51. The smallest absolute Gasteiger partial charge is 0.225 e. The zero-order valence-electron chi connectivity index (χ0n) is 10.6. The van der Waals surface area contributed by atoms with Gasteiger partial charge in [0.25, 0.3) is 0 Å². The SMILES string of the molecule is CCNc1nc(Sc2cnn(C)c2)c2[nH]cnc2n1. The van der Waals surface area contributed by atoms with Gasteiger partial charge in [-0.2, -0.15) is 10.1 Å². The Bertz CT molecular complexity index is 702. The molecule has 3 aromatic heterocycles. The molecule has 98 valence electrons. The number of anilines is 1. The molecule has 0 bridgehead atoms. The Kier molecular flexibility index (Phi) is 3.08. The van der Waals surface area contributed by atoms with Crippen LogP contribution in [0.4, 0.5) is 5.95 Å². The second-order valence-electron chi connectivity index (χ2n) is 3.94. The average molecular weight is 275 g/mol. The van der Waals surface area contributed by atoms with E-state index in [0.29, 0.717) is 11.6 Å². The van der Waals surface area contributed by atoms with Gasteiger partial charge in [-0.3, -0.25) is 4.68 Å². The molecule has 0 saturated heterocycles.